The van der Waals surface area contributed by atoms with E-state index in [1.807, 2.05) is 13.0 Å². The Labute approximate surface area is 115 Å². The number of aliphatic carboxylic acids is 1. The Bertz CT molecular complexity index is 638. The summed E-state index contributed by atoms with van der Waals surface area (Å²) in [5, 5.41) is 9.33. The quantitative estimate of drug-likeness (QED) is 0.924. The van der Waals surface area contributed by atoms with Gasteiger partial charge in [0, 0.05) is 6.07 Å². The fourth-order valence-electron chi connectivity index (χ4n) is 2.14. The van der Waals surface area contributed by atoms with Gasteiger partial charge in [0.05, 0.1) is 5.92 Å². The van der Waals surface area contributed by atoms with Crippen LogP contribution in [0.3, 0.4) is 0 Å². The summed E-state index contributed by atoms with van der Waals surface area (Å²) < 4.78 is 26.5. The summed E-state index contributed by atoms with van der Waals surface area (Å²) in [4.78, 5) is 11.4. The molecule has 0 heterocycles. The minimum atomic E-state index is -1.03. The van der Waals surface area contributed by atoms with E-state index in [0.717, 1.165) is 17.7 Å². The van der Waals surface area contributed by atoms with Gasteiger partial charge in [-0.15, -0.1) is 0 Å². The molecule has 20 heavy (non-hydrogen) atoms. The summed E-state index contributed by atoms with van der Waals surface area (Å²) in [5.74, 6) is -3.27. The molecule has 0 aromatic heterocycles. The number of hydrogen-bond acceptors (Lipinski definition) is 1. The highest BCUT2D eigenvalue weighted by molar-refractivity contribution is 5.76. The van der Waals surface area contributed by atoms with Crippen LogP contribution in [0.25, 0.3) is 0 Å². The van der Waals surface area contributed by atoms with Gasteiger partial charge in [-0.3, -0.25) is 4.79 Å². The highest BCUT2D eigenvalue weighted by atomic mass is 19.1. The molecule has 2 aromatic carbocycles. The van der Waals surface area contributed by atoms with E-state index < -0.39 is 23.5 Å². The van der Waals surface area contributed by atoms with Crippen molar-refractivity contribution >= 4 is 5.97 Å². The van der Waals surface area contributed by atoms with Gasteiger partial charge in [-0.2, -0.15) is 0 Å². The number of halogens is 2. The Morgan fingerprint density at radius 2 is 1.95 bits per heavy atom. The smallest absolute Gasteiger partial charge is 0.311 e. The summed E-state index contributed by atoms with van der Waals surface area (Å²) in [6, 6.07) is 10.3. The number of carbonyl (C=O) groups is 1. The van der Waals surface area contributed by atoms with E-state index in [0.29, 0.717) is 5.56 Å². The van der Waals surface area contributed by atoms with Crippen molar-refractivity contribution in [3.05, 3.63) is 70.8 Å². The number of hydrogen-bond donors (Lipinski definition) is 1. The Morgan fingerprint density at radius 3 is 2.55 bits per heavy atom. The predicted octanol–water partition coefficient (Wildman–Crippen LogP) is 3.68. The third kappa shape index (κ3) is 3.20. The Balaban J connectivity index is 2.33. The van der Waals surface area contributed by atoms with Crippen LogP contribution in [0.4, 0.5) is 8.78 Å². The van der Waals surface area contributed by atoms with Gasteiger partial charge in [0.2, 0.25) is 0 Å². The van der Waals surface area contributed by atoms with E-state index in [2.05, 4.69) is 0 Å². The van der Waals surface area contributed by atoms with Crippen LogP contribution in [0, 0.1) is 18.6 Å². The van der Waals surface area contributed by atoms with Gasteiger partial charge in [-0.05, 0) is 30.5 Å². The Hall–Kier alpha value is -2.23. The molecule has 2 aromatic rings. The second-order valence-corrected chi connectivity index (χ2v) is 4.74. The number of benzene rings is 2. The molecule has 0 fully saturated rings. The lowest BCUT2D eigenvalue weighted by Gasteiger charge is -2.14. The molecular weight excluding hydrogens is 262 g/mol. The molecule has 1 N–H and O–H groups in total. The molecule has 0 bridgehead atoms. The van der Waals surface area contributed by atoms with Gasteiger partial charge < -0.3 is 5.11 Å². The topological polar surface area (TPSA) is 37.3 Å². The summed E-state index contributed by atoms with van der Waals surface area (Å²) in [6.07, 6.45) is -0.00903. The molecular formula is C16H14F2O2. The molecule has 1 atom stereocenters. The maximum Gasteiger partial charge on any atom is 0.311 e. The van der Waals surface area contributed by atoms with Crippen molar-refractivity contribution in [2.24, 2.45) is 0 Å². The molecule has 2 nitrogen and oxygen atoms in total. The largest absolute Gasteiger partial charge is 0.481 e. The minimum Gasteiger partial charge on any atom is -0.481 e. The Morgan fingerprint density at radius 1 is 1.20 bits per heavy atom. The van der Waals surface area contributed by atoms with Crippen molar-refractivity contribution in [2.45, 2.75) is 19.3 Å². The van der Waals surface area contributed by atoms with Crippen LogP contribution in [0.5, 0.6) is 0 Å². The van der Waals surface area contributed by atoms with Crippen molar-refractivity contribution in [1.29, 1.82) is 0 Å². The summed E-state index contributed by atoms with van der Waals surface area (Å²) >= 11 is 0. The van der Waals surface area contributed by atoms with Crippen LogP contribution in [-0.2, 0) is 11.2 Å². The van der Waals surface area contributed by atoms with Crippen molar-refractivity contribution in [2.75, 3.05) is 0 Å². The molecule has 0 aliphatic carbocycles. The van der Waals surface area contributed by atoms with Gasteiger partial charge in [-0.25, -0.2) is 8.78 Å². The first-order valence-corrected chi connectivity index (χ1v) is 6.20. The average Bonchev–Trinajstić information content (AvgIpc) is 2.37. The van der Waals surface area contributed by atoms with E-state index in [1.165, 1.54) is 6.07 Å². The van der Waals surface area contributed by atoms with Crippen LogP contribution in [0.15, 0.2) is 42.5 Å². The van der Waals surface area contributed by atoms with Crippen molar-refractivity contribution in [1.82, 2.24) is 0 Å². The minimum absolute atomic E-state index is 0.00903. The monoisotopic (exact) mass is 276 g/mol. The van der Waals surface area contributed by atoms with Crippen LogP contribution in [-0.4, -0.2) is 11.1 Å². The molecule has 4 heteroatoms. The van der Waals surface area contributed by atoms with Crippen molar-refractivity contribution < 1.29 is 18.7 Å². The van der Waals surface area contributed by atoms with Crippen LogP contribution in [0.2, 0.25) is 0 Å². The first kappa shape index (κ1) is 14.2. The molecule has 2 rings (SSSR count). The predicted molar refractivity (Wildman–Crippen MR) is 71.6 cm³/mol. The second-order valence-electron chi connectivity index (χ2n) is 4.74. The van der Waals surface area contributed by atoms with Crippen LogP contribution in [0.1, 0.15) is 22.6 Å². The van der Waals surface area contributed by atoms with Crippen molar-refractivity contribution in [3.8, 4) is 0 Å². The maximum atomic E-state index is 13.6. The summed E-state index contributed by atoms with van der Waals surface area (Å²) in [5.41, 5.74) is 1.75. The van der Waals surface area contributed by atoms with Gasteiger partial charge in [0.15, 0.2) is 0 Å². The van der Waals surface area contributed by atoms with Gasteiger partial charge >= 0.3 is 5.97 Å². The first-order chi connectivity index (χ1) is 9.47. The fourth-order valence-corrected chi connectivity index (χ4v) is 2.14. The van der Waals surface area contributed by atoms with Gasteiger partial charge in [0.1, 0.15) is 11.6 Å². The zero-order valence-electron chi connectivity index (χ0n) is 10.9. The van der Waals surface area contributed by atoms with E-state index in [-0.39, 0.29) is 12.0 Å². The molecule has 0 aliphatic heterocycles. The van der Waals surface area contributed by atoms with Gasteiger partial charge in [0.25, 0.3) is 0 Å². The zero-order chi connectivity index (χ0) is 14.7. The molecule has 1 unspecified atom stereocenters. The first-order valence-electron chi connectivity index (χ1n) is 6.20. The molecule has 0 spiro atoms. The lowest BCUT2D eigenvalue weighted by molar-refractivity contribution is -0.138. The third-order valence-corrected chi connectivity index (χ3v) is 3.18. The Kier molecular flexibility index (Phi) is 4.13. The molecule has 0 amide bonds. The van der Waals surface area contributed by atoms with E-state index in [1.54, 1.807) is 18.2 Å². The number of aryl methyl sites for hydroxylation is 1. The molecule has 0 radical (unpaired) electrons. The maximum absolute atomic E-state index is 13.6. The molecule has 0 saturated carbocycles. The summed E-state index contributed by atoms with van der Waals surface area (Å²) in [6.45, 7) is 1.86. The molecule has 104 valence electrons. The standard InChI is InChI=1S/C16H14F2O2/c1-10-3-2-4-11(7-10)14(16(19)20)8-12-5-6-13(17)9-15(12)18/h2-7,9,14H,8H2,1H3,(H,19,20). The lowest BCUT2D eigenvalue weighted by Crippen LogP contribution is -2.15. The number of rotatable bonds is 4. The number of carboxylic acid groups (broad SMARTS) is 1. The molecule has 0 saturated heterocycles. The van der Waals surface area contributed by atoms with Gasteiger partial charge in [-0.1, -0.05) is 35.9 Å². The van der Waals surface area contributed by atoms with Crippen LogP contribution < -0.4 is 0 Å². The summed E-state index contributed by atoms with van der Waals surface area (Å²) in [7, 11) is 0. The zero-order valence-corrected chi connectivity index (χ0v) is 10.9. The SMILES string of the molecule is Cc1cccc(C(Cc2ccc(F)cc2F)C(=O)O)c1. The van der Waals surface area contributed by atoms with E-state index in [9.17, 15) is 18.7 Å². The highest BCUT2D eigenvalue weighted by Crippen LogP contribution is 2.24. The second kappa shape index (κ2) is 5.82. The van der Waals surface area contributed by atoms with E-state index in [4.69, 9.17) is 0 Å². The lowest BCUT2D eigenvalue weighted by atomic mass is 9.91. The molecule has 0 aliphatic rings. The normalized spacial score (nSPS) is 12.2. The fraction of sp³-hybridized carbons (Fsp3) is 0.188. The van der Waals surface area contributed by atoms with Crippen LogP contribution >= 0.6 is 0 Å². The number of carboxylic acids is 1. The third-order valence-electron chi connectivity index (χ3n) is 3.18. The average molecular weight is 276 g/mol. The van der Waals surface area contributed by atoms with E-state index >= 15 is 0 Å². The highest BCUT2D eigenvalue weighted by Gasteiger charge is 2.22. The van der Waals surface area contributed by atoms with Crippen molar-refractivity contribution in [3.63, 3.8) is 0 Å².